The van der Waals surface area contributed by atoms with E-state index in [1.165, 1.54) is 18.2 Å². The summed E-state index contributed by atoms with van der Waals surface area (Å²) in [4.78, 5) is 38.9. The lowest BCUT2D eigenvalue weighted by Crippen LogP contribution is -2.50. The van der Waals surface area contributed by atoms with Crippen LogP contribution in [0, 0.1) is 5.82 Å². The minimum atomic E-state index is -0.773. The molecule has 0 radical (unpaired) electrons. The molecule has 2 amide bonds. The molecule has 2 aromatic rings. The van der Waals surface area contributed by atoms with E-state index in [1.807, 2.05) is 0 Å². The van der Waals surface area contributed by atoms with Crippen molar-refractivity contribution in [3.8, 4) is 11.3 Å². The van der Waals surface area contributed by atoms with Crippen LogP contribution in [0.15, 0.2) is 41.2 Å². The van der Waals surface area contributed by atoms with E-state index in [2.05, 4.69) is 5.10 Å². The smallest absolute Gasteiger partial charge is 0.267 e. The molecule has 1 aliphatic rings. The summed E-state index contributed by atoms with van der Waals surface area (Å²) in [5.41, 5.74) is 0.748. The molecule has 1 saturated heterocycles. The van der Waals surface area contributed by atoms with E-state index in [4.69, 9.17) is 0 Å². The van der Waals surface area contributed by atoms with Crippen LogP contribution < -0.4 is 5.56 Å². The van der Waals surface area contributed by atoms with Crippen LogP contribution in [0.3, 0.4) is 0 Å². The fraction of sp³-hybridized carbons (Fsp3) is 0.333. The Labute approximate surface area is 149 Å². The van der Waals surface area contributed by atoms with Crippen LogP contribution in [0.5, 0.6) is 0 Å². The monoisotopic (exact) mass is 358 g/mol. The molecule has 0 N–H and O–H groups in total. The van der Waals surface area contributed by atoms with Gasteiger partial charge in [-0.2, -0.15) is 5.10 Å². The molecule has 8 heteroatoms. The first-order valence-corrected chi connectivity index (χ1v) is 8.33. The highest BCUT2D eigenvalue weighted by molar-refractivity contribution is 5.80. The van der Waals surface area contributed by atoms with Gasteiger partial charge in [0.15, 0.2) is 0 Å². The van der Waals surface area contributed by atoms with E-state index in [1.54, 1.807) is 34.9 Å². The van der Waals surface area contributed by atoms with Gasteiger partial charge >= 0.3 is 0 Å². The Morgan fingerprint density at radius 2 is 1.77 bits per heavy atom. The Balaban J connectivity index is 1.82. The quantitative estimate of drug-likeness (QED) is 0.762. The number of carbonyl (C=O) groups excluding carboxylic acids is 2. The topological polar surface area (TPSA) is 75.5 Å². The van der Waals surface area contributed by atoms with Crippen LogP contribution >= 0.6 is 0 Å². The van der Waals surface area contributed by atoms with Gasteiger partial charge < -0.3 is 9.80 Å². The van der Waals surface area contributed by atoms with Crippen molar-refractivity contribution in [1.29, 1.82) is 0 Å². The molecule has 3 rings (SSSR count). The zero-order chi connectivity index (χ0) is 18.7. The number of carbonyl (C=O) groups is 2. The number of hydrogen-bond acceptors (Lipinski definition) is 4. The van der Waals surface area contributed by atoms with E-state index in [-0.39, 0.29) is 17.3 Å². The SMILES string of the molecule is CC(C(=O)N1CCN(C=O)CC1)n1nc(-c2ccc(F)cc2)ccc1=O. The van der Waals surface area contributed by atoms with E-state index >= 15 is 0 Å². The number of nitrogens with zero attached hydrogens (tertiary/aromatic N) is 4. The third-order valence-electron chi connectivity index (χ3n) is 4.46. The van der Waals surface area contributed by atoms with Crippen LogP contribution in [0.2, 0.25) is 0 Å². The average molecular weight is 358 g/mol. The average Bonchev–Trinajstić information content (AvgIpc) is 2.68. The van der Waals surface area contributed by atoms with E-state index in [0.717, 1.165) is 11.1 Å². The maximum atomic E-state index is 13.1. The van der Waals surface area contributed by atoms with Gasteiger partial charge in [-0.15, -0.1) is 0 Å². The van der Waals surface area contributed by atoms with Gasteiger partial charge in [-0.1, -0.05) is 0 Å². The number of hydrogen-bond donors (Lipinski definition) is 0. The van der Waals surface area contributed by atoms with Crippen LogP contribution in [0.4, 0.5) is 4.39 Å². The van der Waals surface area contributed by atoms with Crippen LogP contribution in [0.1, 0.15) is 13.0 Å². The van der Waals surface area contributed by atoms with Crippen LogP contribution in [-0.4, -0.2) is 58.1 Å². The van der Waals surface area contributed by atoms with Crippen LogP contribution in [0.25, 0.3) is 11.3 Å². The maximum Gasteiger partial charge on any atom is 0.267 e. The molecule has 7 nitrogen and oxygen atoms in total. The first-order valence-electron chi connectivity index (χ1n) is 8.33. The zero-order valence-electron chi connectivity index (χ0n) is 14.3. The Hall–Kier alpha value is -3.03. The Bertz CT molecular complexity index is 857. The summed E-state index contributed by atoms with van der Waals surface area (Å²) >= 11 is 0. The second kappa shape index (κ2) is 7.47. The normalized spacial score (nSPS) is 15.6. The highest BCUT2D eigenvalue weighted by Crippen LogP contribution is 2.17. The lowest BCUT2D eigenvalue weighted by molar-refractivity contribution is -0.138. The third-order valence-corrected chi connectivity index (χ3v) is 4.46. The third kappa shape index (κ3) is 3.63. The summed E-state index contributed by atoms with van der Waals surface area (Å²) in [5.74, 6) is -0.582. The lowest BCUT2D eigenvalue weighted by atomic mass is 10.1. The maximum absolute atomic E-state index is 13.1. The van der Waals surface area contributed by atoms with Crippen molar-refractivity contribution >= 4 is 12.3 Å². The molecule has 1 aliphatic heterocycles. The van der Waals surface area contributed by atoms with Gasteiger partial charge in [-0.25, -0.2) is 9.07 Å². The predicted octanol–water partition coefficient (Wildman–Crippen LogP) is 0.911. The fourth-order valence-electron chi connectivity index (χ4n) is 2.89. The molecule has 2 heterocycles. The van der Waals surface area contributed by atoms with E-state index in [9.17, 15) is 18.8 Å². The first kappa shape index (κ1) is 17.8. The summed E-state index contributed by atoms with van der Waals surface area (Å²) in [6.45, 7) is 3.42. The molecular weight excluding hydrogens is 339 g/mol. The van der Waals surface area contributed by atoms with Crippen molar-refractivity contribution < 1.29 is 14.0 Å². The van der Waals surface area contributed by atoms with Gasteiger partial charge in [-0.3, -0.25) is 14.4 Å². The van der Waals surface area contributed by atoms with Gasteiger partial charge in [0.25, 0.3) is 5.56 Å². The van der Waals surface area contributed by atoms with Gasteiger partial charge in [-0.05, 0) is 37.3 Å². The second-order valence-corrected chi connectivity index (χ2v) is 6.15. The highest BCUT2D eigenvalue weighted by atomic mass is 19.1. The number of aromatic nitrogens is 2. The predicted molar refractivity (Wildman–Crippen MR) is 92.8 cm³/mol. The molecule has 0 saturated carbocycles. The molecule has 1 aromatic heterocycles. The van der Waals surface area contributed by atoms with Crippen LogP contribution in [-0.2, 0) is 9.59 Å². The molecule has 1 atom stereocenters. The number of amides is 2. The Kier molecular flexibility index (Phi) is 5.11. The molecule has 1 fully saturated rings. The largest absolute Gasteiger partial charge is 0.342 e. The molecule has 1 unspecified atom stereocenters. The molecule has 0 aliphatic carbocycles. The summed E-state index contributed by atoms with van der Waals surface area (Å²) in [6.07, 6.45) is 0.767. The number of rotatable bonds is 4. The van der Waals surface area contributed by atoms with Crippen molar-refractivity contribution in [2.24, 2.45) is 0 Å². The molecule has 136 valence electrons. The highest BCUT2D eigenvalue weighted by Gasteiger charge is 2.26. The van der Waals surface area contributed by atoms with Crippen molar-refractivity contribution in [1.82, 2.24) is 19.6 Å². The molecule has 1 aromatic carbocycles. The Morgan fingerprint density at radius 1 is 1.12 bits per heavy atom. The second-order valence-electron chi connectivity index (χ2n) is 6.15. The molecule has 0 bridgehead atoms. The number of halogens is 1. The molecule has 0 spiro atoms. The van der Waals surface area contributed by atoms with Crippen molar-refractivity contribution in [2.75, 3.05) is 26.2 Å². The van der Waals surface area contributed by atoms with Gasteiger partial charge in [0, 0.05) is 37.8 Å². The van der Waals surface area contributed by atoms with Gasteiger partial charge in [0.1, 0.15) is 11.9 Å². The van der Waals surface area contributed by atoms with Crippen molar-refractivity contribution in [2.45, 2.75) is 13.0 Å². The number of benzene rings is 1. The number of piperazine rings is 1. The summed E-state index contributed by atoms with van der Waals surface area (Å²) < 4.78 is 14.2. The van der Waals surface area contributed by atoms with Gasteiger partial charge in [0.2, 0.25) is 12.3 Å². The first-order chi connectivity index (χ1) is 12.5. The lowest BCUT2D eigenvalue weighted by Gasteiger charge is -2.34. The fourth-order valence-corrected chi connectivity index (χ4v) is 2.89. The zero-order valence-corrected chi connectivity index (χ0v) is 14.3. The van der Waals surface area contributed by atoms with Crippen molar-refractivity contribution in [3.63, 3.8) is 0 Å². The van der Waals surface area contributed by atoms with Gasteiger partial charge in [0.05, 0.1) is 5.69 Å². The molecular formula is C18H19FN4O3. The van der Waals surface area contributed by atoms with E-state index < -0.39 is 6.04 Å². The van der Waals surface area contributed by atoms with Crippen molar-refractivity contribution in [3.05, 3.63) is 52.6 Å². The van der Waals surface area contributed by atoms with E-state index in [0.29, 0.717) is 37.4 Å². The Morgan fingerprint density at radius 3 is 2.38 bits per heavy atom. The standard InChI is InChI=1S/C18H19FN4O3/c1-13(18(26)22-10-8-21(12-24)9-11-22)23-17(25)7-6-16(20-23)14-2-4-15(19)5-3-14/h2-7,12-13H,8-11H2,1H3. The minimum absolute atomic E-state index is 0.221. The summed E-state index contributed by atoms with van der Waals surface area (Å²) in [6, 6.07) is 7.88. The summed E-state index contributed by atoms with van der Waals surface area (Å²) in [5, 5.41) is 4.29. The summed E-state index contributed by atoms with van der Waals surface area (Å²) in [7, 11) is 0. The molecule has 26 heavy (non-hydrogen) atoms. The minimum Gasteiger partial charge on any atom is -0.342 e.